The Labute approximate surface area is 125 Å². The van der Waals surface area contributed by atoms with Gasteiger partial charge in [-0.25, -0.2) is 0 Å². The normalized spacial score (nSPS) is 23.5. The Hall–Kier alpha value is -0.820. The highest BCUT2D eigenvalue weighted by atomic mass is 14.8. The highest BCUT2D eigenvalue weighted by Crippen LogP contribution is 2.36. The number of aryl methyl sites for hydroxylation is 1. The lowest BCUT2D eigenvalue weighted by Gasteiger charge is -2.26. The molecule has 0 spiro atoms. The fourth-order valence-electron chi connectivity index (χ4n) is 3.62. The number of hydrogen-bond acceptors (Lipinski definition) is 1. The van der Waals surface area contributed by atoms with Crippen molar-refractivity contribution in [3.05, 3.63) is 35.4 Å². The van der Waals surface area contributed by atoms with E-state index in [9.17, 15) is 0 Å². The van der Waals surface area contributed by atoms with Crippen molar-refractivity contribution in [2.45, 2.75) is 64.7 Å². The first-order valence-electron chi connectivity index (χ1n) is 8.64. The van der Waals surface area contributed by atoms with Gasteiger partial charge in [0.25, 0.3) is 0 Å². The average Bonchev–Trinajstić information content (AvgIpc) is 2.72. The fourth-order valence-corrected chi connectivity index (χ4v) is 3.62. The number of hydrogen-bond donors (Lipinski definition) is 1. The highest BCUT2D eigenvalue weighted by molar-refractivity contribution is 5.26. The first-order chi connectivity index (χ1) is 9.85. The van der Waals surface area contributed by atoms with Crippen LogP contribution in [0.15, 0.2) is 24.3 Å². The van der Waals surface area contributed by atoms with E-state index < -0.39 is 0 Å². The van der Waals surface area contributed by atoms with Crippen molar-refractivity contribution in [2.75, 3.05) is 13.1 Å². The van der Waals surface area contributed by atoms with E-state index in [-0.39, 0.29) is 0 Å². The molecule has 1 fully saturated rings. The number of benzene rings is 1. The third-order valence-electron chi connectivity index (χ3n) is 4.76. The van der Waals surface area contributed by atoms with Crippen LogP contribution < -0.4 is 5.32 Å². The minimum atomic E-state index is 0.771. The third kappa shape index (κ3) is 4.34. The lowest BCUT2D eigenvalue weighted by Crippen LogP contribution is -2.26. The lowest BCUT2D eigenvalue weighted by molar-refractivity contribution is 0.379. The Morgan fingerprint density at radius 1 is 1.00 bits per heavy atom. The summed E-state index contributed by atoms with van der Waals surface area (Å²) >= 11 is 0. The molecule has 2 unspecified atom stereocenters. The Bertz CT molecular complexity index is 368. The summed E-state index contributed by atoms with van der Waals surface area (Å²) in [4.78, 5) is 0. The van der Waals surface area contributed by atoms with Gasteiger partial charge in [-0.05, 0) is 55.3 Å². The van der Waals surface area contributed by atoms with Gasteiger partial charge in [0.15, 0.2) is 0 Å². The van der Waals surface area contributed by atoms with Crippen LogP contribution in [0.2, 0.25) is 0 Å². The van der Waals surface area contributed by atoms with Crippen molar-refractivity contribution in [3.63, 3.8) is 0 Å². The van der Waals surface area contributed by atoms with E-state index in [0.717, 1.165) is 18.4 Å². The molecule has 2 rings (SSSR count). The van der Waals surface area contributed by atoms with Crippen LogP contribution in [-0.4, -0.2) is 13.1 Å². The van der Waals surface area contributed by atoms with Crippen LogP contribution in [0.4, 0.5) is 0 Å². The van der Waals surface area contributed by atoms with Crippen molar-refractivity contribution >= 4 is 0 Å². The summed E-state index contributed by atoms with van der Waals surface area (Å²) in [6, 6.07) is 9.52. The largest absolute Gasteiger partial charge is 0.317 e. The van der Waals surface area contributed by atoms with E-state index in [1.165, 1.54) is 57.1 Å². The van der Waals surface area contributed by atoms with Gasteiger partial charge in [0.05, 0.1) is 0 Å². The van der Waals surface area contributed by atoms with E-state index in [1.807, 2.05) is 0 Å². The molecule has 1 N–H and O–H groups in total. The van der Waals surface area contributed by atoms with Crippen molar-refractivity contribution in [1.29, 1.82) is 0 Å². The highest BCUT2D eigenvalue weighted by Gasteiger charge is 2.24. The smallest absolute Gasteiger partial charge is 0.00148 e. The van der Waals surface area contributed by atoms with E-state index >= 15 is 0 Å². The molecule has 1 aromatic carbocycles. The first kappa shape index (κ1) is 15.6. The van der Waals surface area contributed by atoms with Gasteiger partial charge in [0, 0.05) is 0 Å². The Balaban J connectivity index is 2.08. The standard InChI is InChI=1S/C19H31N/c1-3-8-16-11-13-17(14-12-16)19-10-7-5-6-9-18(19)15-20-4-2/h11-14,18-20H,3-10,15H2,1-2H3. The van der Waals surface area contributed by atoms with Gasteiger partial charge in [-0.15, -0.1) is 0 Å². The molecule has 0 saturated heterocycles. The Morgan fingerprint density at radius 3 is 2.45 bits per heavy atom. The van der Waals surface area contributed by atoms with Crippen LogP contribution >= 0.6 is 0 Å². The van der Waals surface area contributed by atoms with E-state index in [4.69, 9.17) is 0 Å². The van der Waals surface area contributed by atoms with Gasteiger partial charge in [0.1, 0.15) is 0 Å². The zero-order chi connectivity index (χ0) is 14.2. The molecule has 112 valence electrons. The Kier molecular flexibility index (Phi) is 6.59. The van der Waals surface area contributed by atoms with Crippen LogP contribution in [0.25, 0.3) is 0 Å². The van der Waals surface area contributed by atoms with E-state index in [1.54, 1.807) is 5.56 Å². The van der Waals surface area contributed by atoms with E-state index in [2.05, 4.69) is 43.4 Å². The first-order valence-corrected chi connectivity index (χ1v) is 8.64. The van der Waals surface area contributed by atoms with Crippen molar-refractivity contribution in [3.8, 4) is 0 Å². The molecule has 2 atom stereocenters. The second-order valence-corrected chi connectivity index (χ2v) is 6.30. The zero-order valence-electron chi connectivity index (χ0n) is 13.3. The van der Waals surface area contributed by atoms with Crippen molar-refractivity contribution < 1.29 is 0 Å². The van der Waals surface area contributed by atoms with Crippen LogP contribution in [0, 0.1) is 5.92 Å². The van der Waals surface area contributed by atoms with Crippen LogP contribution in [0.5, 0.6) is 0 Å². The molecule has 0 aromatic heterocycles. The number of rotatable bonds is 6. The van der Waals surface area contributed by atoms with Crippen LogP contribution in [0.3, 0.4) is 0 Å². The van der Waals surface area contributed by atoms with Crippen molar-refractivity contribution in [2.24, 2.45) is 5.92 Å². The quantitative estimate of drug-likeness (QED) is 0.726. The summed E-state index contributed by atoms with van der Waals surface area (Å²) in [7, 11) is 0. The maximum atomic E-state index is 3.58. The monoisotopic (exact) mass is 273 g/mol. The van der Waals surface area contributed by atoms with Crippen LogP contribution in [0.1, 0.15) is 69.4 Å². The maximum absolute atomic E-state index is 3.58. The van der Waals surface area contributed by atoms with Gasteiger partial charge >= 0.3 is 0 Å². The zero-order valence-corrected chi connectivity index (χ0v) is 13.3. The predicted molar refractivity (Wildman–Crippen MR) is 88.3 cm³/mol. The summed E-state index contributed by atoms with van der Waals surface area (Å²) in [5, 5.41) is 3.58. The molecular formula is C19H31N. The summed E-state index contributed by atoms with van der Waals surface area (Å²) in [6.45, 7) is 6.76. The summed E-state index contributed by atoms with van der Waals surface area (Å²) < 4.78 is 0. The number of nitrogens with one attached hydrogen (secondary N) is 1. The molecule has 1 heteroatoms. The summed E-state index contributed by atoms with van der Waals surface area (Å²) in [5.41, 5.74) is 3.07. The fraction of sp³-hybridized carbons (Fsp3) is 0.684. The van der Waals surface area contributed by atoms with E-state index in [0.29, 0.717) is 0 Å². The second-order valence-electron chi connectivity index (χ2n) is 6.30. The maximum Gasteiger partial charge on any atom is -0.00148 e. The third-order valence-corrected chi connectivity index (χ3v) is 4.76. The topological polar surface area (TPSA) is 12.0 Å². The molecule has 1 aliphatic carbocycles. The molecule has 0 amide bonds. The van der Waals surface area contributed by atoms with Crippen LogP contribution in [-0.2, 0) is 6.42 Å². The predicted octanol–water partition coefficient (Wildman–Crippen LogP) is 4.91. The van der Waals surface area contributed by atoms with Crippen molar-refractivity contribution in [1.82, 2.24) is 5.32 Å². The minimum absolute atomic E-state index is 0.771. The molecule has 20 heavy (non-hydrogen) atoms. The molecule has 1 aliphatic rings. The molecular weight excluding hydrogens is 242 g/mol. The molecule has 0 aliphatic heterocycles. The molecule has 0 radical (unpaired) electrons. The molecule has 0 heterocycles. The summed E-state index contributed by atoms with van der Waals surface area (Å²) in [5.74, 6) is 1.60. The molecule has 0 bridgehead atoms. The van der Waals surface area contributed by atoms with Gasteiger partial charge in [-0.1, -0.05) is 63.8 Å². The molecule has 1 saturated carbocycles. The second kappa shape index (κ2) is 8.46. The van der Waals surface area contributed by atoms with Gasteiger partial charge in [-0.3, -0.25) is 0 Å². The summed E-state index contributed by atoms with van der Waals surface area (Å²) in [6.07, 6.45) is 9.48. The molecule has 1 aromatic rings. The Morgan fingerprint density at radius 2 is 1.75 bits per heavy atom. The average molecular weight is 273 g/mol. The molecule has 1 nitrogen and oxygen atoms in total. The SMILES string of the molecule is CCCc1ccc(C2CCCCCC2CNCC)cc1. The van der Waals surface area contributed by atoms with Gasteiger partial charge in [0.2, 0.25) is 0 Å². The van der Waals surface area contributed by atoms with Gasteiger partial charge < -0.3 is 5.32 Å². The van der Waals surface area contributed by atoms with Gasteiger partial charge in [-0.2, -0.15) is 0 Å². The minimum Gasteiger partial charge on any atom is -0.317 e. The lowest BCUT2D eigenvalue weighted by atomic mass is 9.82.